The molecule has 23 heavy (non-hydrogen) atoms. The first kappa shape index (κ1) is 17.4. The zero-order chi connectivity index (χ0) is 16.7. The molecule has 0 radical (unpaired) electrons. The number of likely N-dealkylation sites (N-methyl/N-ethyl adjacent to an activating group) is 1. The van der Waals surface area contributed by atoms with Gasteiger partial charge in [0.15, 0.2) is 0 Å². The summed E-state index contributed by atoms with van der Waals surface area (Å²) in [7, 11) is -3.49. The number of benzene rings is 1. The molecule has 0 saturated heterocycles. The third-order valence-corrected chi connectivity index (χ3v) is 4.77. The van der Waals surface area contributed by atoms with Crippen LogP contribution in [0.3, 0.4) is 0 Å². The quantitative estimate of drug-likeness (QED) is 0.591. The molecule has 0 fully saturated rings. The third kappa shape index (κ3) is 4.77. The number of hydrogen-bond acceptors (Lipinski definition) is 5. The van der Waals surface area contributed by atoms with Gasteiger partial charge in [-0.1, -0.05) is 19.1 Å². The summed E-state index contributed by atoms with van der Waals surface area (Å²) in [5.74, 6) is 0.337. The van der Waals surface area contributed by atoms with E-state index in [1.165, 1.54) is 0 Å². The number of hydrogen-bond donors (Lipinski definition) is 3. The van der Waals surface area contributed by atoms with Crippen LogP contribution < -0.4 is 15.4 Å². The van der Waals surface area contributed by atoms with Crippen molar-refractivity contribution in [1.29, 1.82) is 0 Å². The van der Waals surface area contributed by atoms with Crippen LogP contribution >= 0.6 is 0 Å². The maximum absolute atomic E-state index is 11.9. The molecule has 0 aliphatic carbocycles. The molecule has 0 spiro atoms. The van der Waals surface area contributed by atoms with Crippen LogP contribution in [0.15, 0.2) is 34.2 Å². The average molecular weight is 338 g/mol. The fourth-order valence-electron chi connectivity index (χ4n) is 2.24. The van der Waals surface area contributed by atoms with Crippen LogP contribution in [0, 0.1) is 0 Å². The van der Waals surface area contributed by atoms with E-state index in [0.29, 0.717) is 37.3 Å². The van der Waals surface area contributed by atoms with E-state index >= 15 is 0 Å². The standard InChI is InChI=1S/C15H22N4O3S/c1-2-16-10-11-17-14(20)8-5-9-18-15-12-6-3-4-7-13(12)23(21,22)19-15/h3-4,6-7,16H,2,5,8-11H2,1H3,(H,17,20)(H,18,19). The largest absolute Gasteiger partial charge is 0.355 e. The zero-order valence-electron chi connectivity index (χ0n) is 13.1. The minimum atomic E-state index is -3.49. The molecule has 7 nitrogen and oxygen atoms in total. The van der Waals surface area contributed by atoms with Gasteiger partial charge < -0.3 is 10.6 Å². The number of amides is 1. The van der Waals surface area contributed by atoms with E-state index in [4.69, 9.17) is 0 Å². The molecule has 3 N–H and O–H groups in total. The van der Waals surface area contributed by atoms with E-state index in [1.54, 1.807) is 24.3 Å². The zero-order valence-corrected chi connectivity index (χ0v) is 13.9. The van der Waals surface area contributed by atoms with E-state index in [2.05, 4.69) is 20.3 Å². The van der Waals surface area contributed by atoms with Crippen LogP contribution in [0.4, 0.5) is 0 Å². The number of amidine groups is 1. The normalized spacial score (nSPS) is 16.8. The van der Waals surface area contributed by atoms with Crippen molar-refractivity contribution in [2.45, 2.75) is 24.7 Å². The highest BCUT2D eigenvalue weighted by molar-refractivity contribution is 7.90. The molecule has 1 aromatic rings. The number of carbonyl (C=O) groups is 1. The Hall–Kier alpha value is -1.93. The van der Waals surface area contributed by atoms with Gasteiger partial charge in [-0.2, -0.15) is 0 Å². The predicted molar refractivity (Wildman–Crippen MR) is 89.0 cm³/mol. The summed E-state index contributed by atoms with van der Waals surface area (Å²) in [6.07, 6.45) is 0.942. The maximum atomic E-state index is 11.9. The fraction of sp³-hybridized carbons (Fsp3) is 0.467. The van der Waals surface area contributed by atoms with E-state index in [0.717, 1.165) is 13.1 Å². The van der Waals surface area contributed by atoms with Crippen LogP contribution in [0.25, 0.3) is 0 Å². The lowest BCUT2D eigenvalue weighted by molar-refractivity contribution is -0.121. The van der Waals surface area contributed by atoms with Gasteiger partial charge in [0.25, 0.3) is 10.0 Å². The lowest BCUT2D eigenvalue weighted by Gasteiger charge is -2.05. The molecule has 8 heteroatoms. The van der Waals surface area contributed by atoms with Crippen molar-refractivity contribution in [2.24, 2.45) is 4.99 Å². The Morgan fingerprint density at radius 1 is 1.26 bits per heavy atom. The number of carbonyl (C=O) groups excluding carboxylic acids is 1. The number of aliphatic imine (C=N–C) groups is 1. The molecule has 0 unspecified atom stereocenters. The lowest BCUT2D eigenvalue weighted by atomic mass is 10.2. The van der Waals surface area contributed by atoms with Crippen LogP contribution in [-0.2, 0) is 14.8 Å². The molecule has 0 atom stereocenters. The van der Waals surface area contributed by atoms with E-state index in [-0.39, 0.29) is 10.8 Å². The van der Waals surface area contributed by atoms with Gasteiger partial charge in [0.2, 0.25) is 5.91 Å². The lowest BCUT2D eigenvalue weighted by Crippen LogP contribution is -2.31. The van der Waals surface area contributed by atoms with Crippen molar-refractivity contribution in [1.82, 2.24) is 15.4 Å². The molecule has 0 bridgehead atoms. The average Bonchev–Trinajstić information content (AvgIpc) is 2.80. The molecule has 2 rings (SSSR count). The van der Waals surface area contributed by atoms with Crippen molar-refractivity contribution < 1.29 is 13.2 Å². The van der Waals surface area contributed by atoms with Gasteiger partial charge in [-0.25, -0.2) is 8.42 Å². The van der Waals surface area contributed by atoms with E-state index < -0.39 is 10.0 Å². The topological polar surface area (TPSA) is 99.7 Å². The van der Waals surface area contributed by atoms with E-state index in [1.807, 2.05) is 6.92 Å². The summed E-state index contributed by atoms with van der Waals surface area (Å²) < 4.78 is 26.3. The highest BCUT2D eigenvalue weighted by Gasteiger charge is 2.29. The Bertz CT molecular complexity index is 686. The number of sulfonamides is 1. The van der Waals surface area contributed by atoms with Gasteiger partial charge in [-0.3, -0.25) is 14.5 Å². The van der Waals surface area contributed by atoms with Gasteiger partial charge in [-0.15, -0.1) is 0 Å². The summed E-state index contributed by atoms with van der Waals surface area (Å²) in [4.78, 5) is 16.1. The molecular formula is C15H22N4O3S. The predicted octanol–water partition coefficient (Wildman–Crippen LogP) is 0.231. The van der Waals surface area contributed by atoms with Gasteiger partial charge in [0.1, 0.15) is 5.84 Å². The minimum Gasteiger partial charge on any atom is -0.355 e. The van der Waals surface area contributed by atoms with Crippen molar-refractivity contribution in [3.63, 3.8) is 0 Å². The monoisotopic (exact) mass is 338 g/mol. The molecule has 1 aliphatic rings. The molecular weight excluding hydrogens is 316 g/mol. The van der Waals surface area contributed by atoms with Crippen LogP contribution in [0.5, 0.6) is 0 Å². The Kier molecular flexibility index (Phi) is 6.12. The second-order valence-electron chi connectivity index (χ2n) is 5.14. The second kappa shape index (κ2) is 8.07. The summed E-state index contributed by atoms with van der Waals surface area (Å²) in [6, 6.07) is 6.73. The Balaban J connectivity index is 1.80. The van der Waals surface area contributed by atoms with E-state index in [9.17, 15) is 13.2 Å². The first-order valence-corrected chi connectivity index (χ1v) is 9.17. The Morgan fingerprint density at radius 3 is 2.83 bits per heavy atom. The number of nitrogens with zero attached hydrogens (tertiary/aromatic N) is 1. The number of nitrogens with one attached hydrogen (secondary N) is 3. The van der Waals surface area contributed by atoms with Crippen LogP contribution in [0.1, 0.15) is 25.3 Å². The second-order valence-corrected chi connectivity index (χ2v) is 6.79. The number of rotatable bonds is 8. The smallest absolute Gasteiger partial charge is 0.263 e. The summed E-state index contributed by atoms with van der Waals surface area (Å²) in [5.41, 5.74) is 0.586. The Labute approximate surface area is 136 Å². The van der Waals surface area contributed by atoms with Gasteiger partial charge in [-0.05, 0) is 25.1 Å². The summed E-state index contributed by atoms with van der Waals surface area (Å²) >= 11 is 0. The number of fused-ring (bicyclic) bond motifs is 1. The first-order chi connectivity index (χ1) is 11.0. The van der Waals surface area contributed by atoms with Gasteiger partial charge >= 0.3 is 0 Å². The van der Waals surface area contributed by atoms with Crippen LogP contribution in [0.2, 0.25) is 0 Å². The molecule has 0 aromatic heterocycles. The highest BCUT2D eigenvalue weighted by Crippen LogP contribution is 2.22. The maximum Gasteiger partial charge on any atom is 0.263 e. The first-order valence-electron chi connectivity index (χ1n) is 7.68. The Morgan fingerprint density at radius 2 is 2.04 bits per heavy atom. The van der Waals surface area contributed by atoms with Crippen LogP contribution in [-0.4, -0.2) is 46.3 Å². The molecule has 126 valence electrons. The van der Waals surface area contributed by atoms with Crippen molar-refractivity contribution >= 4 is 21.8 Å². The molecule has 1 heterocycles. The summed E-state index contributed by atoms with van der Waals surface area (Å²) in [6.45, 7) is 4.64. The van der Waals surface area contributed by atoms with Crippen molar-refractivity contribution in [3.05, 3.63) is 29.8 Å². The van der Waals surface area contributed by atoms with Crippen molar-refractivity contribution in [2.75, 3.05) is 26.2 Å². The highest BCUT2D eigenvalue weighted by atomic mass is 32.2. The third-order valence-electron chi connectivity index (χ3n) is 3.37. The molecule has 1 aromatic carbocycles. The molecule has 1 amide bonds. The summed E-state index contributed by atoms with van der Waals surface area (Å²) in [5, 5.41) is 5.94. The molecule has 0 saturated carbocycles. The molecule has 1 aliphatic heterocycles. The SMILES string of the molecule is CCNCCNC(=O)CCCN=C1NS(=O)(=O)c2ccccc21. The van der Waals surface area contributed by atoms with Gasteiger partial charge in [0, 0.05) is 31.6 Å². The van der Waals surface area contributed by atoms with Crippen molar-refractivity contribution in [3.8, 4) is 0 Å². The van der Waals surface area contributed by atoms with Gasteiger partial charge in [0.05, 0.1) is 4.90 Å². The minimum absolute atomic E-state index is 0.0181. The fourth-order valence-corrected chi connectivity index (χ4v) is 3.49.